The van der Waals surface area contributed by atoms with Crippen molar-refractivity contribution in [3.8, 4) is 34.4 Å². The van der Waals surface area contributed by atoms with Gasteiger partial charge in [-0.2, -0.15) is 0 Å². The highest BCUT2D eigenvalue weighted by atomic mass is 19.1. The smallest absolute Gasteiger partial charge is 0.417 e. The number of carbonyl (C=O) groups excluding carboxylic acids is 1. The number of rotatable bonds is 8. The fourth-order valence-corrected chi connectivity index (χ4v) is 4.31. The fourth-order valence-electron chi connectivity index (χ4n) is 4.31. The molecule has 0 fully saturated rings. The van der Waals surface area contributed by atoms with Gasteiger partial charge >= 0.3 is 17.3 Å². The molecule has 0 bridgehead atoms. The van der Waals surface area contributed by atoms with Gasteiger partial charge in [0.05, 0.1) is 37.3 Å². The molecule has 11 nitrogen and oxygen atoms in total. The number of anilines is 1. The fraction of sp³-hybridized carbons (Fsp3) is 0.133. The second kappa shape index (κ2) is 12.2. The summed E-state index contributed by atoms with van der Waals surface area (Å²) in [6, 6.07) is 10.6. The Morgan fingerprint density at radius 1 is 0.886 bits per heavy atom. The number of pyridine rings is 1. The SMILES string of the molecule is CCn1cc(OC(=O)Nc2cc(F)c(Oc3ccnc4cc(OC)c(OC)cc34)c(F)c2)c(=O)n(-c2ccc(F)cc2)c1=O. The van der Waals surface area contributed by atoms with Crippen molar-refractivity contribution in [3.63, 3.8) is 0 Å². The van der Waals surface area contributed by atoms with Crippen LogP contribution in [0.15, 0.2) is 76.6 Å². The summed E-state index contributed by atoms with van der Waals surface area (Å²) >= 11 is 0. The molecule has 0 spiro atoms. The Labute approximate surface area is 246 Å². The Kier molecular flexibility index (Phi) is 8.24. The molecule has 226 valence electrons. The van der Waals surface area contributed by atoms with Crippen LogP contribution in [0.5, 0.6) is 28.7 Å². The minimum absolute atomic E-state index is 0.0359. The maximum absolute atomic E-state index is 15.1. The van der Waals surface area contributed by atoms with E-state index in [1.54, 1.807) is 19.1 Å². The van der Waals surface area contributed by atoms with E-state index in [9.17, 15) is 18.8 Å². The van der Waals surface area contributed by atoms with Crippen molar-refractivity contribution in [2.24, 2.45) is 0 Å². The van der Waals surface area contributed by atoms with Crippen LogP contribution in [0.25, 0.3) is 16.6 Å². The molecule has 0 unspecified atom stereocenters. The molecule has 0 aliphatic heterocycles. The number of methoxy groups -OCH3 is 2. The summed E-state index contributed by atoms with van der Waals surface area (Å²) in [6.07, 6.45) is 1.13. The number of fused-ring (bicyclic) bond motifs is 1. The van der Waals surface area contributed by atoms with Crippen molar-refractivity contribution in [1.82, 2.24) is 14.1 Å². The highest BCUT2D eigenvalue weighted by molar-refractivity contribution is 5.89. The van der Waals surface area contributed by atoms with Crippen molar-refractivity contribution in [1.29, 1.82) is 0 Å². The zero-order valence-electron chi connectivity index (χ0n) is 23.4. The number of carbonyl (C=O) groups is 1. The third-order valence-corrected chi connectivity index (χ3v) is 6.42. The number of nitrogens with one attached hydrogen (secondary N) is 1. The van der Waals surface area contributed by atoms with Gasteiger partial charge in [-0.1, -0.05) is 0 Å². The summed E-state index contributed by atoms with van der Waals surface area (Å²) in [4.78, 5) is 42.7. The number of hydrogen-bond donors (Lipinski definition) is 1. The largest absolute Gasteiger partial charge is 0.493 e. The van der Waals surface area contributed by atoms with Gasteiger partial charge in [-0.25, -0.2) is 27.3 Å². The van der Waals surface area contributed by atoms with Crippen molar-refractivity contribution >= 4 is 22.7 Å². The molecule has 0 atom stereocenters. The van der Waals surface area contributed by atoms with Crippen molar-refractivity contribution in [2.45, 2.75) is 13.5 Å². The first-order valence-electron chi connectivity index (χ1n) is 12.9. The zero-order valence-corrected chi connectivity index (χ0v) is 23.4. The topological polar surface area (TPSA) is 123 Å². The van der Waals surface area contributed by atoms with Gasteiger partial charge in [0.1, 0.15) is 11.6 Å². The Morgan fingerprint density at radius 3 is 2.18 bits per heavy atom. The highest BCUT2D eigenvalue weighted by Gasteiger charge is 2.20. The second-order valence-electron chi connectivity index (χ2n) is 9.10. The summed E-state index contributed by atoms with van der Waals surface area (Å²) in [5.41, 5.74) is -1.67. The highest BCUT2D eigenvalue weighted by Crippen LogP contribution is 2.38. The molecule has 44 heavy (non-hydrogen) atoms. The van der Waals surface area contributed by atoms with Crippen LogP contribution in [0.4, 0.5) is 23.7 Å². The van der Waals surface area contributed by atoms with Crippen LogP contribution < -0.4 is 35.5 Å². The van der Waals surface area contributed by atoms with Crippen LogP contribution in [0.1, 0.15) is 6.92 Å². The lowest BCUT2D eigenvalue weighted by Crippen LogP contribution is -2.39. The molecule has 14 heteroatoms. The summed E-state index contributed by atoms with van der Waals surface area (Å²) in [5.74, 6) is -3.43. The number of nitrogens with zero attached hydrogens (tertiary/aromatic N) is 3. The summed E-state index contributed by atoms with van der Waals surface area (Å²) in [6.45, 7) is 1.71. The first-order chi connectivity index (χ1) is 21.1. The lowest BCUT2D eigenvalue weighted by atomic mass is 10.1. The number of hydrogen-bond acceptors (Lipinski definition) is 8. The predicted molar refractivity (Wildman–Crippen MR) is 153 cm³/mol. The first-order valence-corrected chi connectivity index (χ1v) is 12.9. The Morgan fingerprint density at radius 2 is 1.55 bits per heavy atom. The number of amides is 1. The molecule has 5 aromatic rings. The molecular formula is C30H23F3N4O7. The van der Waals surface area contributed by atoms with E-state index < -0.39 is 46.3 Å². The molecule has 1 N–H and O–H groups in total. The van der Waals surface area contributed by atoms with Gasteiger partial charge in [-0.05, 0) is 43.3 Å². The quantitative estimate of drug-likeness (QED) is 0.248. The summed E-state index contributed by atoms with van der Waals surface area (Å²) in [5, 5.41) is 2.53. The van der Waals surface area contributed by atoms with E-state index in [2.05, 4.69) is 10.3 Å². The van der Waals surface area contributed by atoms with Gasteiger partial charge in [0.2, 0.25) is 5.75 Å². The maximum atomic E-state index is 15.1. The molecule has 1 amide bonds. The van der Waals surface area contributed by atoms with Gasteiger partial charge in [-0.3, -0.25) is 19.7 Å². The molecule has 5 rings (SSSR count). The monoisotopic (exact) mass is 608 g/mol. The van der Waals surface area contributed by atoms with E-state index in [1.165, 1.54) is 38.6 Å². The van der Waals surface area contributed by atoms with Crippen LogP contribution >= 0.6 is 0 Å². The van der Waals surface area contributed by atoms with Gasteiger partial charge in [0.25, 0.3) is 0 Å². The number of benzene rings is 3. The molecule has 0 aliphatic rings. The number of aromatic nitrogens is 3. The van der Waals surface area contributed by atoms with E-state index in [4.69, 9.17) is 18.9 Å². The van der Waals surface area contributed by atoms with Crippen LogP contribution in [-0.2, 0) is 6.54 Å². The lowest BCUT2D eigenvalue weighted by molar-refractivity contribution is 0.213. The van der Waals surface area contributed by atoms with E-state index in [0.717, 1.165) is 35.0 Å². The predicted octanol–water partition coefficient (Wildman–Crippen LogP) is 5.41. The Balaban J connectivity index is 1.40. The molecule has 0 radical (unpaired) electrons. The molecule has 3 aromatic carbocycles. The van der Waals surface area contributed by atoms with Gasteiger partial charge < -0.3 is 18.9 Å². The average Bonchev–Trinajstić information content (AvgIpc) is 3.00. The minimum Gasteiger partial charge on any atom is -0.493 e. The van der Waals surface area contributed by atoms with E-state index in [0.29, 0.717) is 27.0 Å². The average molecular weight is 609 g/mol. The second-order valence-corrected chi connectivity index (χ2v) is 9.10. The van der Waals surface area contributed by atoms with E-state index in [-0.39, 0.29) is 23.7 Å². The lowest BCUT2D eigenvalue weighted by Gasteiger charge is -2.14. The van der Waals surface area contributed by atoms with Gasteiger partial charge in [0, 0.05) is 36.3 Å². The van der Waals surface area contributed by atoms with Gasteiger partial charge in [-0.15, -0.1) is 0 Å². The maximum Gasteiger partial charge on any atom is 0.417 e. The number of aryl methyl sites for hydroxylation is 1. The van der Waals surface area contributed by atoms with Crippen LogP contribution in [0, 0.1) is 17.5 Å². The van der Waals surface area contributed by atoms with Gasteiger partial charge in [0.15, 0.2) is 28.9 Å². The molecule has 0 saturated heterocycles. The molecule has 0 aliphatic carbocycles. The molecule has 2 heterocycles. The number of ether oxygens (including phenoxy) is 4. The molecule has 2 aromatic heterocycles. The van der Waals surface area contributed by atoms with E-state index >= 15 is 8.78 Å². The number of halogens is 3. The minimum atomic E-state index is -1.28. The Hall–Kier alpha value is -5.79. The van der Waals surface area contributed by atoms with Crippen molar-refractivity contribution in [2.75, 3.05) is 19.5 Å². The normalized spacial score (nSPS) is 10.9. The zero-order chi connectivity index (χ0) is 31.5. The summed E-state index contributed by atoms with van der Waals surface area (Å²) < 4.78 is 66.6. The van der Waals surface area contributed by atoms with Crippen LogP contribution in [0.3, 0.4) is 0 Å². The van der Waals surface area contributed by atoms with Crippen LogP contribution in [-0.4, -0.2) is 34.4 Å². The third kappa shape index (κ3) is 5.77. The van der Waals surface area contributed by atoms with Crippen molar-refractivity contribution < 1.29 is 36.9 Å². The summed E-state index contributed by atoms with van der Waals surface area (Å²) in [7, 11) is 2.88. The van der Waals surface area contributed by atoms with Crippen molar-refractivity contribution in [3.05, 3.63) is 105 Å². The molecular weight excluding hydrogens is 585 g/mol. The van der Waals surface area contributed by atoms with Crippen LogP contribution in [0.2, 0.25) is 0 Å². The third-order valence-electron chi connectivity index (χ3n) is 6.42. The first kappa shape index (κ1) is 29.7. The van der Waals surface area contributed by atoms with E-state index in [1.807, 2.05) is 0 Å². The Bertz CT molecular complexity index is 1990. The standard InChI is InChI=1S/C30H23F3N4O7/c1-4-36-15-26(28(38)37(30(36)40)18-7-5-16(31)6-8-18)44-29(39)35-17-11-20(32)27(21(33)12-17)43-23-9-10-34-22-14-25(42-3)24(41-2)13-19(22)23/h5-15H,4H2,1-3H3,(H,35,39). The molecule has 0 saturated carbocycles.